The molecule has 31 heavy (non-hydrogen) atoms. The minimum absolute atomic E-state index is 0.148. The molecule has 3 heteroatoms. The molecule has 1 atom stereocenters. The van der Waals surface area contributed by atoms with Gasteiger partial charge < -0.3 is 9.47 Å². The Morgan fingerprint density at radius 3 is 1.97 bits per heavy atom. The second-order valence-electron chi connectivity index (χ2n) is 9.07. The molecule has 2 aromatic carbocycles. The first-order valence-electron chi connectivity index (χ1n) is 12.0. The Bertz CT molecular complexity index is 747. The fourth-order valence-corrected chi connectivity index (χ4v) is 3.61. The lowest BCUT2D eigenvalue weighted by molar-refractivity contribution is -0.135. The van der Waals surface area contributed by atoms with Crippen molar-refractivity contribution in [3.8, 4) is 22.6 Å². The lowest BCUT2D eigenvalue weighted by atomic mass is 9.97. The van der Waals surface area contributed by atoms with E-state index >= 15 is 0 Å². The van der Waals surface area contributed by atoms with Gasteiger partial charge in [-0.15, -0.1) is 0 Å². The third-order valence-corrected chi connectivity index (χ3v) is 5.53. The molecular weight excluding hydrogens is 384 g/mol. The van der Waals surface area contributed by atoms with E-state index in [1.807, 2.05) is 36.4 Å². The highest BCUT2D eigenvalue weighted by Crippen LogP contribution is 2.25. The van der Waals surface area contributed by atoms with Crippen molar-refractivity contribution in [2.24, 2.45) is 11.8 Å². The van der Waals surface area contributed by atoms with Crippen molar-refractivity contribution in [1.29, 1.82) is 0 Å². The van der Waals surface area contributed by atoms with Gasteiger partial charge in [0.1, 0.15) is 11.5 Å². The molecule has 0 unspecified atom stereocenters. The Labute approximate surface area is 189 Å². The first-order valence-corrected chi connectivity index (χ1v) is 12.0. The van der Waals surface area contributed by atoms with E-state index in [1.165, 1.54) is 32.1 Å². The predicted octanol–water partition coefficient (Wildman–Crippen LogP) is 8.07. The molecule has 2 aromatic rings. The Hall–Kier alpha value is -2.29. The SMILES string of the molecule is CCCCCCOc1ccc(-c2ccc(OC(=O)C[C@@H](C)CCCC(C)C)cc2)cc1. The summed E-state index contributed by atoms with van der Waals surface area (Å²) in [6.07, 6.45) is 8.77. The molecule has 3 nitrogen and oxygen atoms in total. The molecule has 2 rings (SSSR count). The van der Waals surface area contributed by atoms with Crippen LogP contribution in [0.2, 0.25) is 0 Å². The van der Waals surface area contributed by atoms with Gasteiger partial charge in [-0.05, 0) is 53.6 Å². The monoisotopic (exact) mass is 424 g/mol. The van der Waals surface area contributed by atoms with Crippen molar-refractivity contribution in [2.45, 2.75) is 79.1 Å². The normalized spacial score (nSPS) is 12.0. The summed E-state index contributed by atoms with van der Waals surface area (Å²) in [4.78, 5) is 12.2. The van der Waals surface area contributed by atoms with Crippen molar-refractivity contribution < 1.29 is 14.3 Å². The molecule has 0 aliphatic carbocycles. The third kappa shape index (κ3) is 10.0. The van der Waals surface area contributed by atoms with Crippen molar-refractivity contribution in [3.05, 3.63) is 48.5 Å². The Morgan fingerprint density at radius 1 is 0.774 bits per heavy atom. The quantitative estimate of drug-likeness (QED) is 0.175. The molecule has 0 saturated heterocycles. The van der Waals surface area contributed by atoms with Crippen LogP contribution in [0.5, 0.6) is 11.5 Å². The van der Waals surface area contributed by atoms with Crippen LogP contribution in [-0.4, -0.2) is 12.6 Å². The topological polar surface area (TPSA) is 35.5 Å². The fourth-order valence-electron chi connectivity index (χ4n) is 3.61. The summed E-state index contributed by atoms with van der Waals surface area (Å²) in [5.41, 5.74) is 2.21. The van der Waals surface area contributed by atoms with Crippen molar-refractivity contribution in [3.63, 3.8) is 0 Å². The maximum atomic E-state index is 12.2. The number of hydrogen-bond donors (Lipinski definition) is 0. The average molecular weight is 425 g/mol. The predicted molar refractivity (Wildman–Crippen MR) is 130 cm³/mol. The number of carbonyl (C=O) groups excluding carboxylic acids is 1. The summed E-state index contributed by atoms with van der Waals surface area (Å²) >= 11 is 0. The van der Waals surface area contributed by atoms with Gasteiger partial charge in [-0.3, -0.25) is 4.79 Å². The lowest BCUT2D eigenvalue weighted by Crippen LogP contribution is -2.12. The summed E-state index contributed by atoms with van der Waals surface area (Å²) in [5.74, 6) is 2.45. The van der Waals surface area contributed by atoms with E-state index in [9.17, 15) is 4.79 Å². The van der Waals surface area contributed by atoms with Crippen molar-refractivity contribution >= 4 is 5.97 Å². The van der Waals surface area contributed by atoms with E-state index in [2.05, 4.69) is 39.8 Å². The van der Waals surface area contributed by atoms with Crippen LogP contribution in [0.15, 0.2) is 48.5 Å². The smallest absolute Gasteiger partial charge is 0.311 e. The summed E-state index contributed by atoms with van der Waals surface area (Å²) < 4.78 is 11.4. The summed E-state index contributed by atoms with van der Waals surface area (Å²) in [6, 6.07) is 15.9. The molecule has 0 fully saturated rings. The van der Waals surface area contributed by atoms with Crippen LogP contribution in [0.3, 0.4) is 0 Å². The van der Waals surface area contributed by atoms with Crippen molar-refractivity contribution in [2.75, 3.05) is 6.61 Å². The molecule has 0 radical (unpaired) electrons. The molecule has 0 aromatic heterocycles. The van der Waals surface area contributed by atoms with Crippen LogP contribution in [0.1, 0.15) is 79.1 Å². The summed E-state index contributed by atoms with van der Waals surface area (Å²) in [5, 5.41) is 0. The van der Waals surface area contributed by atoms with E-state index in [4.69, 9.17) is 9.47 Å². The van der Waals surface area contributed by atoms with E-state index in [1.54, 1.807) is 0 Å². The Balaban J connectivity index is 1.78. The largest absolute Gasteiger partial charge is 0.494 e. The number of carbonyl (C=O) groups is 1. The van der Waals surface area contributed by atoms with Crippen molar-refractivity contribution in [1.82, 2.24) is 0 Å². The highest BCUT2D eigenvalue weighted by atomic mass is 16.5. The molecule has 0 N–H and O–H groups in total. The number of ether oxygens (including phenoxy) is 2. The minimum atomic E-state index is -0.148. The molecule has 0 aliphatic rings. The molecule has 0 spiro atoms. The zero-order valence-corrected chi connectivity index (χ0v) is 19.9. The maximum Gasteiger partial charge on any atom is 0.311 e. The number of rotatable bonds is 14. The molecule has 170 valence electrons. The number of unbranched alkanes of at least 4 members (excludes halogenated alkanes) is 3. The molecular formula is C28H40O3. The van der Waals surface area contributed by atoms with Crippen LogP contribution in [0.25, 0.3) is 11.1 Å². The summed E-state index contributed by atoms with van der Waals surface area (Å²) in [6.45, 7) is 9.59. The van der Waals surface area contributed by atoms with Gasteiger partial charge in [0.2, 0.25) is 0 Å². The fraction of sp³-hybridized carbons (Fsp3) is 0.536. The van der Waals surface area contributed by atoms with Gasteiger partial charge in [-0.1, -0.05) is 90.5 Å². The third-order valence-electron chi connectivity index (χ3n) is 5.53. The van der Waals surface area contributed by atoms with E-state index in [-0.39, 0.29) is 5.97 Å². The first kappa shape index (κ1) is 25.0. The Kier molecular flexibility index (Phi) is 11.2. The Morgan fingerprint density at radius 2 is 1.39 bits per heavy atom. The summed E-state index contributed by atoms with van der Waals surface area (Å²) in [7, 11) is 0. The van der Waals surface area contributed by atoms with E-state index in [0.717, 1.165) is 42.2 Å². The first-order chi connectivity index (χ1) is 15.0. The molecule has 0 heterocycles. The number of benzene rings is 2. The van der Waals surface area contributed by atoms with Crippen LogP contribution in [0, 0.1) is 11.8 Å². The number of hydrogen-bond acceptors (Lipinski definition) is 3. The van der Waals surface area contributed by atoms with Gasteiger partial charge in [0.25, 0.3) is 0 Å². The van der Waals surface area contributed by atoms with Crippen LogP contribution in [0.4, 0.5) is 0 Å². The zero-order chi connectivity index (χ0) is 22.5. The molecule has 0 amide bonds. The standard InChI is InChI=1S/C28H40O3/c1-5-6-7-8-20-30-26-16-12-24(13-17-26)25-14-18-27(19-15-25)31-28(29)21-23(4)11-9-10-22(2)3/h12-19,22-23H,5-11,20-21H2,1-4H3/t23-/m0/s1. The highest BCUT2D eigenvalue weighted by Gasteiger charge is 2.12. The van der Waals surface area contributed by atoms with Gasteiger partial charge >= 0.3 is 5.97 Å². The van der Waals surface area contributed by atoms with Gasteiger partial charge in [-0.25, -0.2) is 0 Å². The van der Waals surface area contributed by atoms with E-state index < -0.39 is 0 Å². The van der Waals surface area contributed by atoms with Gasteiger partial charge in [0.05, 0.1) is 6.61 Å². The maximum absolute atomic E-state index is 12.2. The lowest BCUT2D eigenvalue weighted by Gasteiger charge is -2.12. The molecule has 0 aliphatic heterocycles. The second kappa shape index (κ2) is 13.9. The second-order valence-corrected chi connectivity index (χ2v) is 9.07. The average Bonchev–Trinajstić information content (AvgIpc) is 2.74. The minimum Gasteiger partial charge on any atom is -0.494 e. The van der Waals surface area contributed by atoms with Gasteiger partial charge in [0, 0.05) is 6.42 Å². The van der Waals surface area contributed by atoms with Crippen LogP contribution in [-0.2, 0) is 4.79 Å². The van der Waals surface area contributed by atoms with Gasteiger partial charge in [-0.2, -0.15) is 0 Å². The van der Waals surface area contributed by atoms with Crippen LogP contribution < -0.4 is 9.47 Å². The highest BCUT2D eigenvalue weighted by molar-refractivity contribution is 5.73. The van der Waals surface area contributed by atoms with Crippen LogP contribution >= 0.6 is 0 Å². The molecule has 0 bridgehead atoms. The zero-order valence-electron chi connectivity index (χ0n) is 19.9. The number of esters is 1. The molecule has 0 saturated carbocycles. The van der Waals surface area contributed by atoms with E-state index in [0.29, 0.717) is 18.1 Å². The van der Waals surface area contributed by atoms with Gasteiger partial charge in [0.15, 0.2) is 0 Å².